The van der Waals surface area contributed by atoms with Crippen molar-refractivity contribution in [2.24, 2.45) is 0 Å². The van der Waals surface area contributed by atoms with Gasteiger partial charge in [0.25, 0.3) is 0 Å². The number of halogens is 1. The van der Waals surface area contributed by atoms with Crippen molar-refractivity contribution in [1.82, 2.24) is 0 Å². The first-order chi connectivity index (χ1) is 9.67. The molecule has 0 N–H and O–H groups in total. The van der Waals surface area contributed by atoms with Crippen molar-refractivity contribution in [3.8, 4) is 5.75 Å². The number of thioether (sulfide) groups is 1. The van der Waals surface area contributed by atoms with Crippen LogP contribution in [0.1, 0.15) is 44.6 Å². The average molecular weight is 315 g/mol. The second-order valence-electron chi connectivity index (χ2n) is 4.77. The molecule has 0 unspecified atom stereocenters. The summed E-state index contributed by atoms with van der Waals surface area (Å²) < 4.78 is 5.59. The number of Topliss-reactive ketones (excluding diaryl/α,β-unsaturated/α-hetero) is 1. The molecule has 0 bridgehead atoms. The molecule has 0 heterocycles. The molecule has 0 aromatic heterocycles. The van der Waals surface area contributed by atoms with Crippen molar-refractivity contribution in [3.63, 3.8) is 0 Å². The first-order valence-corrected chi connectivity index (χ1v) is 8.86. The van der Waals surface area contributed by atoms with Crippen LogP contribution in [0, 0.1) is 0 Å². The molecule has 0 aliphatic carbocycles. The molecule has 1 aromatic rings. The first-order valence-electron chi connectivity index (χ1n) is 7.09. The molecule has 0 saturated heterocycles. The van der Waals surface area contributed by atoms with Gasteiger partial charge in [-0.1, -0.05) is 31.0 Å². The molecule has 4 heteroatoms. The van der Waals surface area contributed by atoms with Crippen LogP contribution in [0.5, 0.6) is 5.75 Å². The molecule has 0 spiro atoms. The maximum Gasteiger partial charge on any atom is 0.139 e. The second-order valence-corrected chi connectivity index (χ2v) is 5.99. The molecule has 0 saturated carbocycles. The molecule has 0 aliphatic rings. The number of rotatable bonds is 10. The number of hydrogen-bond donors (Lipinski definition) is 0. The van der Waals surface area contributed by atoms with Crippen molar-refractivity contribution >= 4 is 29.1 Å². The Labute approximate surface area is 131 Å². The molecule has 0 aliphatic heterocycles. The van der Waals surface area contributed by atoms with E-state index in [4.69, 9.17) is 16.3 Å². The van der Waals surface area contributed by atoms with Crippen molar-refractivity contribution in [2.75, 3.05) is 12.2 Å². The zero-order valence-corrected chi connectivity index (χ0v) is 13.9. The highest BCUT2D eigenvalue weighted by Crippen LogP contribution is 2.27. The SMILES string of the molecule is CCC(=O)CCCCCc1ccc(Cl)c(OCSC)c1. The van der Waals surface area contributed by atoms with Crippen LogP contribution < -0.4 is 4.74 Å². The predicted molar refractivity (Wildman–Crippen MR) is 87.9 cm³/mol. The van der Waals surface area contributed by atoms with E-state index in [1.165, 1.54) is 5.56 Å². The summed E-state index contributed by atoms with van der Waals surface area (Å²) in [5.41, 5.74) is 1.24. The number of unbranched alkanes of at least 4 members (excludes halogenated alkanes) is 2. The Hall–Kier alpha value is -0.670. The predicted octanol–water partition coefficient (Wildman–Crippen LogP) is 5.12. The normalized spacial score (nSPS) is 10.6. The quantitative estimate of drug-likeness (QED) is 0.443. The lowest BCUT2D eigenvalue weighted by atomic mass is 10.0. The van der Waals surface area contributed by atoms with Crippen LogP contribution in [0.25, 0.3) is 0 Å². The number of ketones is 1. The highest BCUT2D eigenvalue weighted by Gasteiger charge is 2.04. The molecular weight excluding hydrogens is 292 g/mol. The van der Waals surface area contributed by atoms with Crippen LogP contribution in [-0.4, -0.2) is 18.0 Å². The third-order valence-electron chi connectivity index (χ3n) is 3.14. The lowest BCUT2D eigenvalue weighted by molar-refractivity contribution is -0.118. The minimum Gasteiger partial charge on any atom is -0.481 e. The van der Waals surface area contributed by atoms with Crippen LogP contribution in [-0.2, 0) is 11.2 Å². The minimum atomic E-state index is 0.365. The van der Waals surface area contributed by atoms with Gasteiger partial charge in [0.05, 0.1) is 5.02 Å². The molecule has 0 fully saturated rings. The van der Waals surface area contributed by atoms with E-state index in [0.717, 1.165) is 37.9 Å². The fourth-order valence-corrected chi connectivity index (χ4v) is 2.36. The minimum absolute atomic E-state index is 0.365. The molecule has 0 atom stereocenters. The molecular formula is C16H23ClO2S. The number of ether oxygens (including phenoxy) is 1. The van der Waals surface area contributed by atoms with E-state index in [1.54, 1.807) is 11.8 Å². The summed E-state index contributed by atoms with van der Waals surface area (Å²) in [6, 6.07) is 5.97. The van der Waals surface area contributed by atoms with Gasteiger partial charge in [-0.3, -0.25) is 4.79 Å². The highest BCUT2D eigenvalue weighted by atomic mass is 35.5. The number of carbonyl (C=O) groups is 1. The summed E-state index contributed by atoms with van der Waals surface area (Å²) >= 11 is 7.72. The average Bonchev–Trinajstić information content (AvgIpc) is 2.46. The van der Waals surface area contributed by atoms with Gasteiger partial charge in [-0.05, 0) is 43.2 Å². The largest absolute Gasteiger partial charge is 0.481 e. The van der Waals surface area contributed by atoms with Gasteiger partial charge >= 0.3 is 0 Å². The van der Waals surface area contributed by atoms with Crippen molar-refractivity contribution in [1.29, 1.82) is 0 Å². The summed E-state index contributed by atoms with van der Waals surface area (Å²) in [5.74, 6) is 1.74. The number of aryl methyl sites for hydroxylation is 1. The Kier molecular flexibility index (Phi) is 8.79. The summed E-state index contributed by atoms with van der Waals surface area (Å²) in [6.45, 7) is 1.92. The first kappa shape index (κ1) is 17.4. The Morgan fingerprint density at radius 1 is 1.30 bits per heavy atom. The van der Waals surface area contributed by atoms with Gasteiger partial charge in [-0.15, -0.1) is 11.8 Å². The third kappa shape index (κ3) is 6.67. The fraction of sp³-hybridized carbons (Fsp3) is 0.562. The van der Waals surface area contributed by atoms with E-state index < -0.39 is 0 Å². The summed E-state index contributed by atoms with van der Waals surface area (Å²) in [5, 5.41) is 0.663. The van der Waals surface area contributed by atoms with E-state index in [1.807, 2.05) is 31.4 Å². The zero-order chi connectivity index (χ0) is 14.8. The van der Waals surface area contributed by atoms with Crippen molar-refractivity contribution in [2.45, 2.75) is 45.4 Å². The lowest BCUT2D eigenvalue weighted by Crippen LogP contribution is -1.96. The maximum absolute atomic E-state index is 11.2. The Morgan fingerprint density at radius 3 is 2.80 bits per heavy atom. The summed E-state index contributed by atoms with van der Waals surface area (Å²) in [4.78, 5) is 11.2. The van der Waals surface area contributed by atoms with E-state index in [2.05, 4.69) is 0 Å². The van der Waals surface area contributed by atoms with Gasteiger partial charge in [0.1, 0.15) is 17.5 Å². The Morgan fingerprint density at radius 2 is 2.10 bits per heavy atom. The molecule has 1 rings (SSSR count). The standard InChI is InChI=1S/C16H23ClO2S/c1-3-14(18)8-6-4-5-7-13-9-10-15(17)16(11-13)19-12-20-2/h9-11H,3-8,12H2,1-2H3. The van der Waals surface area contributed by atoms with Crippen molar-refractivity contribution in [3.05, 3.63) is 28.8 Å². The fourth-order valence-electron chi connectivity index (χ4n) is 1.94. The molecule has 20 heavy (non-hydrogen) atoms. The van der Waals surface area contributed by atoms with E-state index >= 15 is 0 Å². The molecule has 0 amide bonds. The van der Waals surface area contributed by atoms with Gasteiger partial charge < -0.3 is 4.74 Å². The summed E-state index contributed by atoms with van der Waals surface area (Å²) in [6.07, 6.45) is 7.57. The van der Waals surface area contributed by atoms with Gasteiger partial charge in [0.2, 0.25) is 0 Å². The molecule has 0 radical (unpaired) electrons. The summed E-state index contributed by atoms with van der Waals surface area (Å²) in [7, 11) is 0. The van der Waals surface area contributed by atoms with Crippen LogP contribution >= 0.6 is 23.4 Å². The van der Waals surface area contributed by atoms with Crippen LogP contribution in [0.3, 0.4) is 0 Å². The maximum atomic E-state index is 11.2. The van der Waals surface area contributed by atoms with Gasteiger partial charge in [0.15, 0.2) is 0 Å². The lowest BCUT2D eigenvalue weighted by Gasteiger charge is -2.09. The van der Waals surface area contributed by atoms with E-state index in [-0.39, 0.29) is 0 Å². The number of carbonyl (C=O) groups excluding carboxylic acids is 1. The van der Waals surface area contributed by atoms with E-state index in [0.29, 0.717) is 23.2 Å². The zero-order valence-electron chi connectivity index (χ0n) is 12.3. The number of hydrogen-bond acceptors (Lipinski definition) is 3. The van der Waals surface area contributed by atoms with Crippen LogP contribution in [0.15, 0.2) is 18.2 Å². The third-order valence-corrected chi connectivity index (χ3v) is 3.81. The molecule has 1 aromatic carbocycles. The molecule has 112 valence electrons. The van der Waals surface area contributed by atoms with Gasteiger partial charge in [0, 0.05) is 12.8 Å². The monoisotopic (exact) mass is 314 g/mol. The second kappa shape index (κ2) is 10.1. The van der Waals surface area contributed by atoms with Crippen molar-refractivity contribution < 1.29 is 9.53 Å². The van der Waals surface area contributed by atoms with E-state index in [9.17, 15) is 4.79 Å². The van der Waals surface area contributed by atoms with Gasteiger partial charge in [-0.2, -0.15) is 0 Å². The molecule has 2 nitrogen and oxygen atoms in total. The van der Waals surface area contributed by atoms with Crippen LogP contribution in [0.4, 0.5) is 0 Å². The van der Waals surface area contributed by atoms with Crippen LogP contribution in [0.2, 0.25) is 5.02 Å². The Balaban J connectivity index is 2.34. The highest BCUT2D eigenvalue weighted by molar-refractivity contribution is 7.98. The number of benzene rings is 1. The smallest absolute Gasteiger partial charge is 0.139 e. The topological polar surface area (TPSA) is 26.3 Å². The van der Waals surface area contributed by atoms with Gasteiger partial charge in [-0.25, -0.2) is 0 Å². The Bertz CT molecular complexity index is 421.